The van der Waals surface area contributed by atoms with Crippen LogP contribution >= 0.6 is 0 Å². The van der Waals surface area contributed by atoms with Gasteiger partial charge in [0.25, 0.3) is 0 Å². The molecule has 9 nitrogen and oxygen atoms in total. The molecule has 16 heavy (non-hydrogen) atoms. The second kappa shape index (κ2) is 36.0. The molecule has 0 aromatic rings. The Kier molecular flexibility index (Phi) is 96.7. The van der Waals surface area contributed by atoms with E-state index in [9.17, 15) is 0 Å². The van der Waals surface area contributed by atoms with Crippen LogP contribution in [0.15, 0.2) is 0 Å². The summed E-state index contributed by atoms with van der Waals surface area (Å²) in [5, 5.41) is 0. The molecule has 16 heteroatoms. The number of hydrogen-bond donors (Lipinski definition) is 0. The van der Waals surface area contributed by atoms with Gasteiger partial charge in [0.1, 0.15) is 0 Å². The van der Waals surface area contributed by atoms with Crippen molar-refractivity contribution in [3.63, 3.8) is 0 Å². The number of hydrogen-bond acceptors (Lipinski definition) is 9. The van der Waals surface area contributed by atoms with Gasteiger partial charge in [0.05, 0.1) is 0 Å². The van der Waals surface area contributed by atoms with Crippen LogP contribution in [0, 0.1) is 0 Å². The van der Waals surface area contributed by atoms with Crippen LogP contribution in [0.3, 0.4) is 0 Å². The molecule has 0 unspecified atom stereocenters. The molecule has 0 aromatic carbocycles. The van der Waals surface area contributed by atoms with Gasteiger partial charge in [-0.25, -0.2) is 0 Å². The minimum absolute atomic E-state index is 0. The Bertz CT molecular complexity index is 133. The molecule has 0 amide bonds. The average Bonchev–Trinajstić information content (AvgIpc) is 1.54. The summed E-state index contributed by atoms with van der Waals surface area (Å²) in [6.45, 7) is 0. The van der Waals surface area contributed by atoms with Crippen molar-refractivity contribution in [1.82, 2.24) is 0 Å². The largest absolute Gasteiger partial charge is 3.00 e. The maximum absolute atomic E-state index is 8.52. The molecule has 0 rings (SSSR count). The normalized spacial score (nSPS) is 4.50. The standard InChI is InChI=1S/2Al.2Na.3O3Si.2H/c;;;;3*1-4(2)3;;/q2*+3;2*+1;3*-2;2*-1. The summed E-state index contributed by atoms with van der Waals surface area (Å²) >= 11 is 0. The third kappa shape index (κ3) is 965. The summed E-state index contributed by atoms with van der Waals surface area (Å²) in [4.78, 5) is 51.1. The Morgan fingerprint density at radius 2 is 0.562 bits per heavy atom. The predicted molar refractivity (Wildman–Crippen MR) is 33.1 cm³/mol. The van der Waals surface area contributed by atoms with Gasteiger partial charge >= 0.3 is 93.8 Å². The summed E-state index contributed by atoms with van der Waals surface area (Å²) in [7, 11) is -10.9. The van der Waals surface area contributed by atoms with Crippen LogP contribution in [0.4, 0.5) is 0 Å². The molecular formula is H2Al2Na2O9Si3. The van der Waals surface area contributed by atoms with E-state index in [1.807, 2.05) is 0 Å². The molecule has 0 aliphatic rings. The van der Waals surface area contributed by atoms with Crippen LogP contribution in [0.2, 0.25) is 0 Å². The second-order valence-corrected chi connectivity index (χ2v) is 2.25. The van der Waals surface area contributed by atoms with Gasteiger partial charge in [0, 0.05) is 27.5 Å². The molecule has 0 spiro atoms. The van der Waals surface area contributed by atoms with Gasteiger partial charge in [0.2, 0.25) is 0 Å². The summed E-state index contributed by atoms with van der Waals surface area (Å²) in [5.41, 5.74) is 0. The van der Waals surface area contributed by atoms with E-state index in [2.05, 4.69) is 0 Å². The zero-order valence-electron chi connectivity index (χ0n) is 10.3. The Morgan fingerprint density at radius 3 is 0.562 bits per heavy atom. The fourth-order valence-corrected chi connectivity index (χ4v) is 0. The van der Waals surface area contributed by atoms with Gasteiger partial charge in [-0.1, -0.05) is 0 Å². The zero-order chi connectivity index (χ0) is 10.7. The molecule has 0 N–H and O–H groups in total. The van der Waals surface area contributed by atoms with Crippen molar-refractivity contribution < 1.29 is 104 Å². The molecule has 0 atom stereocenters. The smallest absolute Gasteiger partial charge is 1.00 e. The van der Waals surface area contributed by atoms with Crippen molar-refractivity contribution in [2.45, 2.75) is 0 Å². The van der Waals surface area contributed by atoms with Crippen molar-refractivity contribution >= 4 is 62.2 Å². The van der Waals surface area contributed by atoms with Crippen molar-refractivity contribution in [2.75, 3.05) is 0 Å². The summed E-state index contributed by atoms with van der Waals surface area (Å²) in [6.07, 6.45) is 0. The zero-order valence-corrected chi connectivity index (χ0v) is 17.6. The first-order chi connectivity index (χ1) is 5.20. The van der Waals surface area contributed by atoms with E-state index in [0.717, 1.165) is 0 Å². The summed E-state index contributed by atoms with van der Waals surface area (Å²) < 4.78 is 25.6. The number of rotatable bonds is 0. The van der Waals surface area contributed by atoms with E-state index >= 15 is 0 Å². The van der Waals surface area contributed by atoms with Gasteiger partial charge in [-0.05, 0) is 0 Å². The molecule has 0 saturated heterocycles. The van der Waals surface area contributed by atoms with E-state index in [4.69, 9.17) is 42.2 Å². The van der Waals surface area contributed by atoms with Crippen LogP contribution in [0.25, 0.3) is 0 Å². The van der Waals surface area contributed by atoms with E-state index in [-0.39, 0.29) is 96.7 Å². The minimum Gasteiger partial charge on any atom is -1.00 e. The van der Waals surface area contributed by atoms with Gasteiger partial charge < -0.3 is 45.0 Å². The van der Waals surface area contributed by atoms with Crippen LogP contribution in [-0.4, -0.2) is 62.2 Å². The molecular weight excluding hydrogens is 328 g/mol. The van der Waals surface area contributed by atoms with Gasteiger partial charge in [0.15, 0.2) is 0 Å². The molecule has 0 heterocycles. The van der Waals surface area contributed by atoms with Crippen molar-refractivity contribution in [1.29, 1.82) is 0 Å². The Balaban J connectivity index is -0.00000000827. The van der Waals surface area contributed by atoms with Crippen molar-refractivity contribution in [2.24, 2.45) is 0 Å². The van der Waals surface area contributed by atoms with Crippen LogP contribution in [-0.2, 0) is 13.4 Å². The second-order valence-electron chi connectivity index (χ2n) is 0.750. The molecule has 0 aliphatic heterocycles. The first-order valence-electron chi connectivity index (χ1n) is 1.84. The third-order valence-electron chi connectivity index (χ3n) is 0. The van der Waals surface area contributed by atoms with Gasteiger partial charge in [-0.15, -0.1) is 0 Å². The average molecular weight is 330 g/mol. The van der Waals surface area contributed by atoms with E-state index in [0.29, 0.717) is 0 Å². The Hall–Kier alpha value is 1.92. The molecule has 0 aliphatic carbocycles. The molecule has 0 radical (unpaired) electrons. The molecule has 0 fully saturated rings. The van der Waals surface area contributed by atoms with E-state index < -0.39 is 27.5 Å². The third-order valence-corrected chi connectivity index (χ3v) is 0. The monoisotopic (exact) mass is 330 g/mol. The molecule has 0 saturated carbocycles. The van der Waals surface area contributed by atoms with E-state index in [1.165, 1.54) is 0 Å². The Labute approximate surface area is 164 Å². The van der Waals surface area contributed by atoms with E-state index in [1.54, 1.807) is 0 Å². The first-order valence-corrected chi connectivity index (χ1v) is 5.51. The van der Waals surface area contributed by atoms with Crippen molar-refractivity contribution in [3.8, 4) is 0 Å². The maximum Gasteiger partial charge on any atom is 3.00 e. The van der Waals surface area contributed by atoms with Crippen LogP contribution in [0.5, 0.6) is 0 Å². The maximum atomic E-state index is 8.52. The summed E-state index contributed by atoms with van der Waals surface area (Å²) in [5.74, 6) is 0. The predicted octanol–water partition coefficient (Wildman–Crippen LogP) is -15.2. The van der Waals surface area contributed by atoms with Crippen LogP contribution < -0.4 is 87.9 Å². The fourth-order valence-electron chi connectivity index (χ4n) is 0. The minimum atomic E-state index is -3.63. The SMILES string of the molecule is O=[Si]([O-])[O-].O=[Si]([O-])[O-].O=[Si]([O-])[O-].[Al+3].[Al+3].[H-].[H-].[Na+].[Na+]. The summed E-state index contributed by atoms with van der Waals surface area (Å²) in [6, 6.07) is 0. The molecule has 0 aromatic heterocycles. The Morgan fingerprint density at radius 1 is 0.562 bits per heavy atom. The van der Waals surface area contributed by atoms with Crippen LogP contribution in [0.1, 0.15) is 2.85 Å². The quantitative estimate of drug-likeness (QED) is 0.388. The fraction of sp³-hybridized carbons (Fsp3) is 0. The van der Waals surface area contributed by atoms with Crippen molar-refractivity contribution in [3.05, 3.63) is 0 Å². The molecule has 0 bridgehead atoms. The van der Waals surface area contributed by atoms with Gasteiger partial charge in [-0.2, -0.15) is 0 Å². The van der Waals surface area contributed by atoms with Gasteiger partial charge in [-0.3, -0.25) is 0 Å². The topological polar surface area (TPSA) is 190 Å². The first kappa shape index (κ1) is 43.0. The molecule has 76 valence electrons.